The van der Waals surface area contributed by atoms with E-state index >= 15 is 0 Å². The van der Waals surface area contributed by atoms with Crippen LogP contribution in [0.25, 0.3) is 35.4 Å². The van der Waals surface area contributed by atoms with E-state index in [1.54, 1.807) is 0 Å². The molecule has 0 bridgehead atoms. The lowest BCUT2D eigenvalue weighted by Gasteiger charge is -2.12. The van der Waals surface area contributed by atoms with Crippen LogP contribution in [0.5, 0.6) is 0 Å². The van der Waals surface area contributed by atoms with Crippen LogP contribution in [0.1, 0.15) is 0 Å². The number of hydrogen-bond donors (Lipinski definition) is 0. The molecule has 0 amide bonds. The summed E-state index contributed by atoms with van der Waals surface area (Å²) in [6.07, 6.45) is 0. The van der Waals surface area contributed by atoms with Gasteiger partial charge in [0.2, 0.25) is 0 Å². The van der Waals surface area contributed by atoms with Crippen LogP contribution in [0.3, 0.4) is 0 Å². The third kappa shape index (κ3) is 2.17. The van der Waals surface area contributed by atoms with E-state index in [1.165, 1.54) is 22.3 Å². The first-order valence-corrected chi connectivity index (χ1v) is 6.69. The molecule has 0 unspecified atom stereocenters. The highest BCUT2D eigenvalue weighted by molar-refractivity contribution is 5.84. The van der Waals surface area contributed by atoms with Crippen LogP contribution in [0.4, 0.5) is 0 Å². The van der Waals surface area contributed by atoms with Gasteiger partial charge in [-0.15, -0.1) is 0 Å². The van der Waals surface area contributed by atoms with Crippen molar-refractivity contribution >= 4 is 13.2 Å². The minimum absolute atomic E-state index is 1.03. The van der Waals surface area contributed by atoms with E-state index in [2.05, 4.69) is 61.7 Å². The standard InChI is InChI=1S/C20H16/c1-15-13-14-16(2)20(18-11-7-4-8-12-18)19(15)17-9-5-3-6-10-17/h3-14H,1-2H2. The van der Waals surface area contributed by atoms with E-state index < -0.39 is 0 Å². The average molecular weight is 256 g/mol. The molecule has 3 aromatic rings. The molecule has 0 heteroatoms. The third-order valence-corrected chi connectivity index (χ3v) is 3.50. The molecule has 0 fully saturated rings. The van der Waals surface area contributed by atoms with Gasteiger partial charge in [0.1, 0.15) is 0 Å². The number of benzene rings is 3. The highest BCUT2D eigenvalue weighted by Crippen LogP contribution is 2.26. The predicted molar refractivity (Wildman–Crippen MR) is 87.6 cm³/mol. The Morgan fingerprint density at radius 2 is 0.800 bits per heavy atom. The van der Waals surface area contributed by atoms with Crippen LogP contribution >= 0.6 is 0 Å². The van der Waals surface area contributed by atoms with Gasteiger partial charge in [-0.05, 0) is 32.7 Å². The zero-order valence-electron chi connectivity index (χ0n) is 11.3. The van der Waals surface area contributed by atoms with Crippen molar-refractivity contribution in [3.8, 4) is 22.3 Å². The zero-order chi connectivity index (χ0) is 13.9. The number of hydrogen-bond acceptors (Lipinski definition) is 0. The van der Waals surface area contributed by atoms with Crippen molar-refractivity contribution in [1.82, 2.24) is 0 Å². The smallest absolute Gasteiger partial charge is 0.00330 e. The maximum Gasteiger partial charge on any atom is -0.00330 e. The van der Waals surface area contributed by atoms with Crippen LogP contribution in [0.15, 0.2) is 72.8 Å². The summed E-state index contributed by atoms with van der Waals surface area (Å²) < 4.78 is 0. The fourth-order valence-corrected chi connectivity index (χ4v) is 2.56. The van der Waals surface area contributed by atoms with Gasteiger partial charge in [-0.3, -0.25) is 0 Å². The minimum Gasteiger partial charge on any atom is -0.0911 e. The topological polar surface area (TPSA) is 0 Å². The van der Waals surface area contributed by atoms with Gasteiger partial charge in [0.05, 0.1) is 0 Å². The summed E-state index contributed by atoms with van der Waals surface area (Å²) in [5, 5.41) is 2.06. The summed E-state index contributed by atoms with van der Waals surface area (Å²) in [5.74, 6) is 0. The maximum atomic E-state index is 4.20. The van der Waals surface area contributed by atoms with E-state index in [1.807, 2.05) is 24.3 Å². The molecule has 0 nitrogen and oxygen atoms in total. The quantitative estimate of drug-likeness (QED) is 0.653. The van der Waals surface area contributed by atoms with E-state index in [4.69, 9.17) is 0 Å². The molecule has 0 saturated heterocycles. The van der Waals surface area contributed by atoms with Crippen LogP contribution in [0, 0.1) is 0 Å². The Bertz CT molecular complexity index is 743. The van der Waals surface area contributed by atoms with E-state index in [-0.39, 0.29) is 0 Å². The Balaban J connectivity index is 2.38. The van der Waals surface area contributed by atoms with Gasteiger partial charge in [0.15, 0.2) is 0 Å². The normalized spacial score (nSPS) is 10.4. The molecule has 3 rings (SSSR count). The summed E-state index contributed by atoms with van der Waals surface area (Å²) in [7, 11) is 0. The van der Waals surface area contributed by atoms with Crippen molar-refractivity contribution < 1.29 is 0 Å². The van der Waals surface area contributed by atoms with Crippen molar-refractivity contribution in [1.29, 1.82) is 0 Å². The Hall–Kier alpha value is -2.60. The molecule has 0 N–H and O–H groups in total. The van der Waals surface area contributed by atoms with Gasteiger partial charge < -0.3 is 0 Å². The summed E-state index contributed by atoms with van der Waals surface area (Å²) in [5.41, 5.74) is 4.71. The summed E-state index contributed by atoms with van der Waals surface area (Å²) >= 11 is 0. The summed E-state index contributed by atoms with van der Waals surface area (Å²) in [6, 6.07) is 24.8. The van der Waals surface area contributed by atoms with E-state index in [0.717, 1.165) is 10.4 Å². The highest BCUT2D eigenvalue weighted by atomic mass is 14.1. The zero-order valence-corrected chi connectivity index (χ0v) is 11.3. The molecule has 96 valence electrons. The van der Waals surface area contributed by atoms with Crippen molar-refractivity contribution in [2.45, 2.75) is 0 Å². The SMILES string of the molecule is C=c1ccc(=C)c(-c2ccccc2)c1-c1ccccc1. The first-order chi connectivity index (χ1) is 9.77. The van der Waals surface area contributed by atoms with Crippen molar-refractivity contribution in [3.63, 3.8) is 0 Å². The highest BCUT2D eigenvalue weighted by Gasteiger charge is 2.08. The molecule has 0 aliphatic heterocycles. The Labute approximate surface area is 119 Å². The molecule has 3 aromatic carbocycles. The molecule has 0 heterocycles. The van der Waals surface area contributed by atoms with Gasteiger partial charge in [0.25, 0.3) is 0 Å². The van der Waals surface area contributed by atoms with Gasteiger partial charge in [-0.25, -0.2) is 0 Å². The van der Waals surface area contributed by atoms with Crippen LogP contribution < -0.4 is 10.4 Å². The lowest BCUT2D eigenvalue weighted by molar-refractivity contribution is 1.51. The largest absolute Gasteiger partial charge is 0.0911 e. The van der Waals surface area contributed by atoms with Crippen molar-refractivity contribution in [3.05, 3.63) is 83.2 Å². The lowest BCUT2D eigenvalue weighted by atomic mass is 9.92. The molecule has 0 aliphatic rings. The van der Waals surface area contributed by atoms with Crippen LogP contribution in [-0.4, -0.2) is 0 Å². The van der Waals surface area contributed by atoms with Crippen molar-refractivity contribution in [2.75, 3.05) is 0 Å². The fraction of sp³-hybridized carbons (Fsp3) is 0. The monoisotopic (exact) mass is 256 g/mol. The first-order valence-electron chi connectivity index (χ1n) is 6.69. The minimum atomic E-state index is 1.03. The van der Waals surface area contributed by atoms with Crippen LogP contribution in [0.2, 0.25) is 0 Å². The Morgan fingerprint density at radius 3 is 1.15 bits per heavy atom. The fourth-order valence-electron chi connectivity index (χ4n) is 2.56. The van der Waals surface area contributed by atoms with Crippen LogP contribution in [-0.2, 0) is 0 Å². The molecule has 0 saturated carbocycles. The predicted octanol–water partition coefficient (Wildman–Crippen LogP) is 3.84. The van der Waals surface area contributed by atoms with E-state index in [9.17, 15) is 0 Å². The maximum absolute atomic E-state index is 4.20. The Morgan fingerprint density at radius 1 is 0.450 bits per heavy atom. The average Bonchev–Trinajstić information content (AvgIpc) is 2.51. The molecule has 0 radical (unpaired) electrons. The Kier molecular flexibility index (Phi) is 3.22. The molecule has 20 heavy (non-hydrogen) atoms. The van der Waals surface area contributed by atoms with Gasteiger partial charge >= 0.3 is 0 Å². The second-order valence-corrected chi connectivity index (χ2v) is 4.87. The summed E-state index contributed by atoms with van der Waals surface area (Å²) in [6.45, 7) is 8.39. The molecule has 0 aromatic heterocycles. The van der Waals surface area contributed by atoms with Gasteiger partial charge in [-0.2, -0.15) is 0 Å². The second-order valence-electron chi connectivity index (χ2n) is 4.87. The van der Waals surface area contributed by atoms with Gasteiger partial charge in [0, 0.05) is 0 Å². The van der Waals surface area contributed by atoms with Gasteiger partial charge in [-0.1, -0.05) is 86.0 Å². The van der Waals surface area contributed by atoms with Crippen molar-refractivity contribution in [2.24, 2.45) is 0 Å². The number of rotatable bonds is 2. The molecule has 0 spiro atoms. The first kappa shape index (κ1) is 12.4. The molecular formula is C20H16. The van der Waals surface area contributed by atoms with E-state index in [0.29, 0.717) is 0 Å². The summed E-state index contributed by atoms with van der Waals surface area (Å²) in [4.78, 5) is 0. The lowest BCUT2D eigenvalue weighted by Crippen LogP contribution is -2.14. The molecule has 0 aliphatic carbocycles. The molecular weight excluding hydrogens is 240 g/mol. The third-order valence-electron chi connectivity index (χ3n) is 3.50. The molecule has 0 atom stereocenters. The second kappa shape index (κ2) is 5.18.